The number of amides is 2. The SMILES string of the molecule is C#CC[C@H](NC(=O)CN)C(N)=O. The molecule has 0 aromatic heterocycles. The predicted octanol–water partition coefficient (Wildman–Crippen LogP) is -2.06. The van der Waals surface area contributed by atoms with Crippen LogP contribution in [0.15, 0.2) is 0 Å². The molecule has 0 aromatic rings. The Hall–Kier alpha value is -1.54. The van der Waals surface area contributed by atoms with Crippen LogP contribution in [-0.4, -0.2) is 24.4 Å². The van der Waals surface area contributed by atoms with Gasteiger partial charge in [0.15, 0.2) is 0 Å². The molecule has 5 heteroatoms. The normalized spacial score (nSPS) is 11.3. The van der Waals surface area contributed by atoms with Crippen LogP contribution in [0, 0.1) is 12.3 Å². The number of hydrogen-bond acceptors (Lipinski definition) is 3. The van der Waals surface area contributed by atoms with E-state index in [0.717, 1.165) is 0 Å². The average Bonchev–Trinajstić information content (AvgIpc) is 2.03. The molecule has 0 fully saturated rings. The van der Waals surface area contributed by atoms with Crippen LogP contribution in [0.4, 0.5) is 0 Å². The van der Waals surface area contributed by atoms with Crippen molar-refractivity contribution in [1.29, 1.82) is 0 Å². The van der Waals surface area contributed by atoms with E-state index in [0.29, 0.717) is 0 Å². The summed E-state index contributed by atoms with van der Waals surface area (Å²) in [5, 5.41) is 2.29. The Balaban J connectivity index is 4.06. The zero-order valence-corrected chi connectivity index (χ0v) is 6.54. The van der Waals surface area contributed by atoms with Crippen molar-refractivity contribution < 1.29 is 9.59 Å². The molecule has 5 nitrogen and oxygen atoms in total. The lowest BCUT2D eigenvalue weighted by Crippen LogP contribution is -2.46. The number of primary amides is 1. The first-order valence-electron chi connectivity index (χ1n) is 3.34. The Morgan fingerprint density at radius 2 is 2.17 bits per heavy atom. The first kappa shape index (κ1) is 10.5. The summed E-state index contributed by atoms with van der Waals surface area (Å²) in [6.07, 6.45) is 5.03. The van der Waals surface area contributed by atoms with Crippen molar-refractivity contribution >= 4 is 11.8 Å². The lowest BCUT2D eigenvalue weighted by atomic mass is 10.2. The third kappa shape index (κ3) is 3.58. The quantitative estimate of drug-likeness (QED) is 0.422. The maximum Gasteiger partial charge on any atom is 0.240 e. The highest BCUT2D eigenvalue weighted by Gasteiger charge is 2.15. The minimum absolute atomic E-state index is 0.0844. The fraction of sp³-hybridized carbons (Fsp3) is 0.429. The highest BCUT2D eigenvalue weighted by molar-refractivity contribution is 5.87. The zero-order chi connectivity index (χ0) is 9.56. The molecule has 0 unspecified atom stereocenters. The third-order valence-electron chi connectivity index (χ3n) is 1.19. The van der Waals surface area contributed by atoms with Crippen LogP contribution in [0.3, 0.4) is 0 Å². The smallest absolute Gasteiger partial charge is 0.240 e. The summed E-state index contributed by atoms with van der Waals surface area (Å²) in [6.45, 7) is -0.186. The molecule has 2 amide bonds. The number of nitrogens with two attached hydrogens (primary N) is 2. The summed E-state index contributed by atoms with van der Waals surface area (Å²) < 4.78 is 0. The second kappa shape index (κ2) is 5.16. The maximum absolute atomic E-state index is 10.7. The van der Waals surface area contributed by atoms with E-state index in [4.69, 9.17) is 17.9 Å². The van der Waals surface area contributed by atoms with E-state index < -0.39 is 17.9 Å². The number of carbonyl (C=O) groups excluding carboxylic acids is 2. The molecular formula is C7H11N3O2. The van der Waals surface area contributed by atoms with E-state index in [9.17, 15) is 9.59 Å². The van der Waals surface area contributed by atoms with Gasteiger partial charge in [-0.25, -0.2) is 0 Å². The monoisotopic (exact) mass is 169 g/mol. The summed E-state index contributed by atoms with van der Waals surface area (Å²) in [5.41, 5.74) is 9.94. The van der Waals surface area contributed by atoms with E-state index in [-0.39, 0.29) is 13.0 Å². The van der Waals surface area contributed by atoms with Crippen LogP contribution in [0.1, 0.15) is 6.42 Å². The van der Waals surface area contributed by atoms with Crippen LogP contribution < -0.4 is 16.8 Å². The second-order valence-corrected chi connectivity index (χ2v) is 2.13. The van der Waals surface area contributed by atoms with Gasteiger partial charge < -0.3 is 16.8 Å². The Bertz CT molecular complexity index is 219. The van der Waals surface area contributed by atoms with E-state index >= 15 is 0 Å². The first-order valence-corrected chi connectivity index (χ1v) is 3.34. The zero-order valence-electron chi connectivity index (χ0n) is 6.54. The molecule has 0 heterocycles. The van der Waals surface area contributed by atoms with Crippen LogP contribution in [-0.2, 0) is 9.59 Å². The van der Waals surface area contributed by atoms with Gasteiger partial charge in [-0.2, -0.15) is 0 Å². The Labute approximate surface area is 70.5 Å². The molecule has 12 heavy (non-hydrogen) atoms. The summed E-state index contributed by atoms with van der Waals surface area (Å²) in [4.78, 5) is 21.3. The minimum Gasteiger partial charge on any atom is -0.368 e. The maximum atomic E-state index is 10.7. The second-order valence-electron chi connectivity index (χ2n) is 2.13. The molecule has 0 aromatic carbocycles. The molecular weight excluding hydrogens is 158 g/mol. The molecule has 5 N–H and O–H groups in total. The topological polar surface area (TPSA) is 98.2 Å². The van der Waals surface area contributed by atoms with Gasteiger partial charge in [0.2, 0.25) is 11.8 Å². The van der Waals surface area contributed by atoms with Gasteiger partial charge in [0.1, 0.15) is 6.04 Å². The lowest BCUT2D eigenvalue weighted by Gasteiger charge is -2.10. The number of hydrogen-bond donors (Lipinski definition) is 3. The minimum atomic E-state index is -0.814. The van der Waals surface area contributed by atoms with Gasteiger partial charge in [0.05, 0.1) is 6.54 Å². The van der Waals surface area contributed by atoms with Crippen molar-refractivity contribution in [2.75, 3.05) is 6.54 Å². The van der Waals surface area contributed by atoms with Crippen molar-refractivity contribution in [2.45, 2.75) is 12.5 Å². The van der Waals surface area contributed by atoms with Gasteiger partial charge in [-0.05, 0) is 0 Å². The summed E-state index contributed by atoms with van der Waals surface area (Å²) >= 11 is 0. The van der Waals surface area contributed by atoms with Crippen LogP contribution in [0.5, 0.6) is 0 Å². The molecule has 66 valence electrons. The largest absolute Gasteiger partial charge is 0.368 e. The fourth-order valence-electron chi connectivity index (χ4n) is 0.594. The average molecular weight is 169 g/mol. The first-order chi connectivity index (χ1) is 5.61. The molecule has 0 saturated heterocycles. The van der Waals surface area contributed by atoms with E-state index in [1.807, 2.05) is 0 Å². The van der Waals surface area contributed by atoms with Crippen molar-refractivity contribution in [3.8, 4) is 12.3 Å². The molecule has 0 aliphatic rings. The van der Waals surface area contributed by atoms with Gasteiger partial charge in [0.25, 0.3) is 0 Å². The van der Waals surface area contributed by atoms with Crippen molar-refractivity contribution in [1.82, 2.24) is 5.32 Å². The van der Waals surface area contributed by atoms with Crippen LogP contribution in [0.25, 0.3) is 0 Å². The molecule has 1 atom stereocenters. The van der Waals surface area contributed by atoms with E-state index in [1.54, 1.807) is 0 Å². The standard InChI is InChI=1S/C7H11N3O2/c1-2-3-5(7(9)12)10-6(11)4-8/h1,5H,3-4,8H2,(H2,9,12)(H,10,11)/t5-/m0/s1. The molecule has 0 bridgehead atoms. The Morgan fingerprint density at radius 3 is 2.50 bits per heavy atom. The number of nitrogens with one attached hydrogen (secondary N) is 1. The third-order valence-corrected chi connectivity index (χ3v) is 1.19. The van der Waals surface area contributed by atoms with E-state index in [1.165, 1.54) is 0 Å². The van der Waals surface area contributed by atoms with Gasteiger partial charge in [-0.15, -0.1) is 12.3 Å². The predicted molar refractivity (Wildman–Crippen MR) is 43.6 cm³/mol. The number of carbonyl (C=O) groups is 2. The van der Waals surface area contributed by atoms with Crippen molar-refractivity contribution in [3.63, 3.8) is 0 Å². The number of terminal acetylenes is 1. The highest BCUT2D eigenvalue weighted by Crippen LogP contribution is 1.87. The van der Waals surface area contributed by atoms with Crippen molar-refractivity contribution in [2.24, 2.45) is 11.5 Å². The molecule has 0 rings (SSSR count). The molecule has 0 aliphatic heterocycles. The summed E-state index contributed by atoms with van der Waals surface area (Å²) in [7, 11) is 0. The van der Waals surface area contributed by atoms with Gasteiger partial charge in [-0.3, -0.25) is 9.59 Å². The Kier molecular flexibility index (Phi) is 4.49. The van der Waals surface area contributed by atoms with Crippen LogP contribution >= 0.6 is 0 Å². The molecule has 0 saturated carbocycles. The molecule has 0 spiro atoms. The molecule has 0 aliphatic carbocycles. The van der Waals surface area contributed by atoms with Gasteiger partial charge in [-0.1, -0.05) is 0 Å². The molecule has 0 radical (unpaired) electrons. The summed E-state index contributed by atoms with van der Waals surface area (Å²) in [5.74, 6) is 1.11. The number of rotatable bonds is 4. The lowest BCUT2D eigenvalue weighted by molar-refractivity contribution is -0.126. The fourth-order valence-corrected chi connectivity index (χ4v) is 0.594. The highest BCUT2D eigenvalue weighted by atomic mass is 16.2. The van der Waals surface area contributed by atoms with Gasteiger partial charge in [0, 0.05) is 6.42 Å². The van der Waals surface area contributed by atoms with Crippen molar-refractivity contribution in [3.05, 3.63) is 0 Å². The Morgan fingerprint density at radius 1 is 1.58 bits per heavy atom. The summed E-state index contributed by atoms with van der Waals surface area (Å²) in [6, 6.07) is -0.814. The van der Waals surface area contributed by atoms with E-state index in [2.05, 4.69) is 11.2 Å². The van der Waals surface area contributed by atoms with Crippen LogP contribution in [0.2, 0.25) is 0 Å². The van der Waals surface area contributed by atoms with Gasteiger partial charge >= 0.3 is 0 Å².